The molecule has 2 aromatic heterocycles. The predicted octanol–water partition coefficient (Wildman–Crippen LogP) is 2.36. The summed E-state index contributed by atoms with van der Waals surface area (Å²) < 4.78 is 0. The summed E-state index contributed by atoms with van der Waals surface area (Å²) in [6, 6.07) is 5.66. The van der Waals surface area contributed by atoms with Gasteiger partial charge in [0.1, 0.15) is 0 Å². The molecule has 0 spiro atoms. The first-order valence-corrected chi connectivity index (χ1v) is 6.47. The van der Waals surface area contributed by atoms with Crippen LogP contribution in [0.5, 0.6) is 0 Å². The second-order valence-electron chi connectivity index (χ2n) is 3.99. The van der Waals surface area contributed by atoms with Crippen LogP contribution in [0.2, 0.25) is 0 Å². The summed E-state index contributed by atoms with van der Waals surface area (Å²) in [4.78, 5) is 13.5. The van der Waals surface area contributed by atoms with Crippen LogP contribution in [-0.2, 0) is 6.42 Å². The Kier molecular flexibility index (Phi) is 3.00. The fourth-order valence-electron chi connectivity index (χ4n) is 1.84. The van der Waals surface area contributed by atoms with E-state index in [1.54, 1.807) is 35.4 Å². The van der Waals surface area contributed by atoms with Crippen LogP contribution >= 0.6 is 11.3 Å². The Labute approximate surface area is 108 Å². The highest BCUT2D eigenvalue weighted by atomic mass is 32.1. The van der Waals surface area contributed by atoms with Gasteiger partial charge in [0.25, 0.3) is 0 Å². The van der Waals surface area contributed by atoms with Crippen molar-refractivity contribution in [2.24, 2.45) is 0 Å². The number of aromatic nitrogens is 3. The van der Waals surface area contributed by atoms with Gasteiger partial charge in [-0.1, -0.05) is 6.07 Å². The quantitative estimate of drug-likeness (QED) is 0.782. The minimum absolute atomic E-state index is 0.531. The van der Waals surface area contributed by atoms with E-state index >= 15 is 0 Å². The standard InChI is InChI=1S/C13H11N3OS/c17-13(6-10-7-14-8-18-10)9-1-2-11-12(5-9)16-4-3-15-11/h1-5,7-8,13,17H,6H2. The fraction of sp³-hybridized carbons (Fsp3) is 0.154. The minimum Gasteiger partial charge on any atom is -0.388 e. The fourth-order valence-corrected chi connectivity index (χ4v) is 2.47. The average Bonchev–Trinajstić information content (AvgIpc) is 2.91. The highest BCUT2D eigenvalue weighted by Gasteiger charge is 2.10. The van der Waals surface area contributed by atoms with Crippen LogP contribution in [0.25, 0.3) is 11.0 Å². The third kappa shape index (κ3) is 2.23. The molecule has 18 heavy (non-hydrogen) atoms. The molecule has 1 atom stereocenters. The first-order valence-electron chi connectivity index (χ1n) is 5.59. The average molecular weight is 257 g/mol. The summed E-state index contributed by atoms with van der Waals surface area (Å²) >= 11 is 1.55. The molecule has 0 amide bonds. The second-order valence-corrected chi connectivity index (χ2v) is 4.96. The summed E-state index contributed by atoms with van der Waals surface area (Å²) in [5.41, 5.74) is 4.27. The number of rotatable bonds is 3. The van der Waals surface area contributed by atoms with Gasteiger partial charge in [-0.25, -0.2) is 0 Å². The Bertz CT molecular complexity index is 654. The van der Waals surface area contributed by atoms with Crippen molar-refractivity contribution in [1.29, 1.82) is 0 Å². The van der Waals surface area contributed by atoms with Gasteiger partial charge in [-0.05, 0) is 17.7 Å². The van der Waals surface area contributed by atoms with Crippen molar-refractivity contribution in [3.8, 4) is 0 Å². The lowest BCUT2D eigenvalue weighted by Gasteiger charge is -2.09. The number of aliphatic hydroxyl groups excluding tert-OH is 1. The molecular formula is C13H11N3OS. The maximum atomic E-state index is 10.2. The number of benzene rings is 1. The number of aliphatic hydroxyl groups is 1. The molecule has 0 fully saturated rings. The zero-order chi connectivity index (χ0) is 12.4. The van der Waals surface area contributed by atoms with Gasteiger partial charge in [-0.3, -0.25) is 15.0 Å². The van der Waals surface area contributed by atoms with Crippen molar-refractivity contribution in [3.63, 3.8) is 0 Å². The third-order valence-electron chi connectivity index (χ3n) is 2.76. The normalized spacial score (nSPS) is 12.7. The molecule has 0 aliphatic heterocycles. The van der Waals surface area contributed by atoms with E-state index in [2.05, 4.69) is 15.0 Å². The second kappa shape index (κ2) is 4.80. The Balaban J connectivity index is 1.89. The van der Waals surface area contributed by atoms with Gasteiger partial charge in [0.15, 0.2) is 0 Å². The highest BCUT2D eigenvalue weighted by Crippen LogP contribution is 2.22. The molecule has 1 unspecified atom stereocenters. The van der Waals surface area contributed by atoms with Crippen molar-refractivity contribution < 1.29 is 5.11 Å². The van der Waals surface area contributed by atoms with Crippen LogP contribution in [0.4, 0.5) is 0 Å². The lowest BCUT2D eigenvalue weighted by molar-refractivity contribution is 0.179. The number of fused-ring (bicyclic) bond motifs is 1. The van der Waals surface area contributed by atoms with E-state index in [0.29, 0.717) is 6.42 Å². The Morgan fingerprint density at radius 1 is 1.17 bits per heavy atom. The molecule has 0 aliphatic carbocycles. The maximum Gasteiger partial charge on any atom is 0.0890 e. The largest absolute Gasteiger partial charge is 0.388 e. The molecule has 0 saturated carbocycles. The van der Waals surface area contributed by atoms with Crippen LogP contribution < -0.4 is 0 Å². The number of hydrogen-bond acceptors (Lipinski definition) is 5. The first kappa shape index (κ1) is 11.3. The molecule has 3 aromatic rings. The lowest BCUT2D eigenvalue weighted by atomic mass is 10.1. The van der Waals surface area contributed by atoms with Crippen molar-refractivity contribution in [2.45, 2.75) is 12.5 Å². The van der Waals surface area contributed by atoms with Gasteiger partial charge in [-0.15, -0.1) is 11.3 Å². The van der Waals surface area contributed by atoms with Crippen LogP contribution in [0.3, 0.4) is 0 Å². The molecule has 0 radical (unpaired) electrons. The monoisotopic (exact) mass is 257 g/mol. The summed E-state index contributed by atoms with van der Waals surface area (Å²) in [7, 11) is 0. The SMILES string of the molecule is OC(Cc1cncs1)c1ccc2nccnc2c1. The van der Waals surface area contributed by atoms with Gasteiger partial charge >= 0.3 is 0 Å². The van der Waals surface area contributed by atoms with Crippen LogP contribution in [0.15, 0.2) is 42.3 Å². The van der Waals surface area contributed by atoms with E-state index < -0.39 is 6.10 Å². The summed E-state index contributed by atoms with van der Waals surface area (Å²) in [5.74, 6) is 0. The molecular weight excluding hydrogens is 246 g/mol. The van der Waals surface area contributed by atoms with E-state index in [4.69, 9.17) is 0 Å². The molecule has 4 nitrogen and oxygen atoms in total. The number of hydrogen-bond donors (Lipinski definition) is 1. The van der Waals surface area contributed by atoms with Gasteiger partial charge in [0.05, 0.1) is 22.6 Å². The minimum atomic E-state index is -0.531. The summed E-state index contributed by atoms with van der Waals surface area (Å²) in [5, 5.41) is 10.2. The van der Waals surface area contributed by atoms with Crippen LogP contribution in [-0.4, -0.2) is 20.1 Å². The van der Waals surface area contributed by atoms with Gasteiger partial charge < -0.3 is 5.11 Å². The summed E-state index contributed by atoms with van der Waals surface area (Å²) in [6.45, 7) is 0. The molecule has 1 aromatic carbocycles. The molecule has 0 bridgehead atoms. The van der Waals surface area contributed by atoms with Gasteiger partial charge in [0.2, 0.25) is 0 Å². The van der Waals surface area contributed by atoms with Gasteiger partial charge in [-0.2, -0.15) is 0 Å². The molecule has 0 saturated heterocycles. The molecule has 1 N–H and O–H groups in total. The molecule has 5 heteroatoms. The van der Waals surface area contributed by atoms with Gasteiger partial charge in [0, 0.05) is 29.9 Å². The molecule has 3 rings (SSSR count). The maximum absolute atomic E-state index is 10.2. The molecule has 0 aliphatic rings. The first-order chi connectivity index (χ1) is 8.83. The van der Waals surface area contributed by atoms with E-state index in [1.807, 2.05) is 18.2 Å². The van der Waals surface area contributed by atoms with Crippen molar-refractivity contribution in [1.82, 2.24) is 15.0 Å². The predicted molar refractivity (Wildman–Crippen MR) is 70.3 cm³/mol. The Hall–Kier alpha value is -1.85. The number of thiazole rings is 1. The Morgan fingerprint density at radius 3 is 2.78 bits per heavy atom. The van der Waals surface area contributed by atoms with Crippen molar-refractivity contribution in [2.75, 3.05) is 0 Å². The third-order valence-corrected chi connectivity index (χ3v) is 3.56. The topological polar surface area (TPSA) is 58.9 Å². The van der Waals surface area contributed by atoms with E-state index in [0.717, 1.165) is 21.5 Å². The van der Waals surface area contributed by atoms with Crippen LogP contribution in [0.1, 0.15) is 16.5 Å². The van der Waals surface area contributed by atoms with E-state index in [9.17, 15) is 5.11 Å². The zero-order valence-corrected chi connectivity index (χ0v) is 10.3. The number of nitrogens with zero attached hydrogens (tertiary/aromatic N) is 3. The molecule has 2 heterocycles. The van der Waals surface area contributed by atoms with Crippen LogP contribution in [0, 0.1) is 0 Å². The zero-order valence-electron chi connectivity index (χ0n) is 9.52. The highest BCUT2D eigenvalue weighted by molar-refractivity contribution is 7.09. The lowest BCUT2D eigenvalue weighted by Crippen LogP contribution is -2.00. The van der Waals surface area contributed by atoms with E-state index in [1.165, 1.54) is 0 Å². The van der Waals surface area contributed by atoms with Crippen molar-refractivity contribution >= 4 is 22.4 Å². The van der Waals surface area contributed by atoms with E-state index in [-0.39, 0.29) is 0 Å². The smallest absolute Gasteiger partial charge is 0.0890 e. The Morgan fingerprint density at radius 2 is 2.00 bits per heavy atom. The summed E-state index contributed by atoms with van der Waals surface area (Å²) in [6.07, 6.45) is 5.15. The van der Waals surface area contributed by atoms with Crippen molar-refractivity contribution in [3.05, 3.63) is 52.7 Å². The molecule has 90 valence electrons.